The Morgan fingerprint density at radius 2 is 1.57 bits per heavy atom. The molecule has 3 aromatic rings. The number of phenols is 1. The molecule has 0 radical (unpaired) electrons. The summed E-state index contributed by atoms with van der Waals surface area (Å²) in [4.78, 5) is 37.9. The van der Waals surface area contributed by atoms with Crippen LogP contribution in [-0.4, -0.2) is 22.0 Å². The molecule has 0 saturated heterocycles. The summed E-state index contributed by atoms with van der Waals surface area (Å²) in [7, 11) is 0. The van der Waals surface area contributed by atoms with Gasteiger partial charge in [0.1, 0.15) is 17.1 Å². The second-order valence-electron chi connectivity index (χ2n) is 8.32. The minimum absolute atomic E-state index is 0.0161. The van der Waals surface area contributed by atoms with Gasteiger partial charge in [0.2, 0.25) is 0 Å². The second kappa shape index (κ2) is 9.23. The van der Waals surface area contributed by atoms with Crippen molar-refractivity contribution in [3.8, 4) is 39.3 Å². The van der Waals surface area contributed by atoms with Gasteiger partial charge in [0.25, 0.3) is 0 Å². The molecule has 2 N–H and O–H groups in total. The normalized spacial score (nSPS) is 11.2. The first-order valence-electron chi connectivity index (χ1n) is 10.8. The van der Waals surface area contributed by atoms with Crippen molar-refractivity contribution in [1.29, 1.82) is 0 Å². The van der Waals surface area contributed by atoms with Crippen LogP contribution in [0.4, 0.5) is 0 Å². The fourth-order valence-corrected chi connectivity index (χ4v) is 5.19. The van der Waals surface area contributed by atoms with Crippen LogP contribution in [0.3, 0.4) is 0 Å². The Labute approximate surface area is 224 Å². The average molecular weight is 554 g/mol. The van der Waals surface area contributed by atoms with Crippen LogP contribution >= 0.6 is 34.8 Å². The maximum atomic E-state index is 13.1. The van der Waals surface area contributed by atoms with Gasteiger partial charge in [-0.2, -0.15) is 0 Å². The first kappa shape index (κ1) is 24.8. The lowest BCUT2D eigenvalue weighted by atomic mass is 9.87. The molecule has 1 aliphatic carbocycles. The Morgan fingerprint density at radius 1 is 0.865 bits per heavy atom. The third-order valence-corrected chi connectivity index (χ3v) is 7.03. The predicted octanol–water partition coefficient (Wildman–Crippen LogP) is 7.80. The van der Waals surface area contributed by atoms with Crippen LogP contribution in [0.15, 0.2) is 69.9 Å². The minimum Gasteiger partial charge on any atom is -0.506 e. The van der Waals surface area contributed by atoms with E-state index in [0.29, 0.717) is 16.7 Å². The van der Waals surface area contributed by atoms with E-state index in [1.165, 1.54) is 31.2 Å². The van der Waals surface area contributed by atoms with Crippen LogP contribution in [-0.2, 0) is 0 Å². The number of ketones is 1. The molecule has 0 aromatic heterocycles. The molecule has 37 heavy (non-hydrogen) atoms. The summed E-state index contributed by atoms with van der Waals surface area (Å²) in [5, 5.41) is 20.2. The van der Waals surface area contributed by atoms with Gasteiger partial charge in [-0.3, -0.25) is 9.59 Å². The summed E-state index contributed by atoms with van der Waals surface area (Å²) in [6, 6.07) is 15.6. The quantitative estimate of drug-likeness (QED) is 0.174. The van der Waals surface area contributed by atoms with Crippen LogP contribution in [0, 0.1) is 0 Å². The Bertz CT molecular complexity index is 1790. The fraction of sp³-hybridized carbons (Fsp3) is 0.0357. The van der Waals surface area contributed by atoms with Crippen LogP contribution in [0.25, 0.3) is 44.5 Å². The molecule has 5 rings (SSSR count). The van der Waals surface area contributed by atoms with Crippen molar-refractivity contribution in [2.24, 2.45) is 0 Å². The molecular weight excluding hydrogens is 539 g/mol. The number of aromatic carboxylic acids is 1. The lowest BCUT2D eigenvalue weighted by molar-refractivity contribution is 0.0697. The SMILES string of the molecule is CC(=O)c1cc(Cl)c(C(=O)O)c(-c2c3cc(-c4ccccc4)c(=O)cc-3oc3cc(O)c(Cl)cc23)c1Cl. The molecule has 0 spiro atoms. The maximum absolute atomic E-state index is 13.1. The van der Waals surface area contributed by atoms with Gasteiger partial charge in [-0.1, -0.05) is 65.1 Å². The fourth-order valence-electron chi connectivity index (χ4n) is 4.37. The zero-order chi connectivity index (χ0) is 26.6. The molecule has 184 valence electrons. The smallest absolute Gasteiger partial charge is 0.337 e. The third-order valence-electron chi connectivity index (χ3n) is 6.03. The van der Waals surface area contributed by atoms with Crippen LogP contribution in [0.5, 0.6) is 5.75 Å². The number of aromatic hydroxyl groups is 1. The Hall–Kier alpha value is -3.84. The highest BCUT2D eigenvalue weighted by molar-refractivity contribution is 6.41. The summed E-state index contributed by atoms with van der Waals surface area (Å²) in [6.45, 7) is 1.28. The summed E-state index contributed by atoms with van der Waals surface area (Å²) in [6.07, 6.45) is 0. The van der Waals surface area contributed by atoms with Crippen molar-refractivity contribution in [2.45, 2.75) is 6.92 Å². The third kappa shape index (κ3) is 4.13. The van der Waals surface area contributed by atoms with Crippen LogP contribution in [0.2, 0.25) is 15.1 Å². The molecule has 3 aromatic carbocycles. The van der Waals surface area contributed by atoms with Gasteiger partial charge in [-0.25, -0.2) is 4.79 Å². The molecule has 0 amide bonds. The molecule has 9 heteroatoms. The molecule has 2 aliphatic rings. The van der Waals surface area contributed by atoms with Gasteiger partial charge in [0.05, 0.1) is 20.6 Å². The van der Waals surface area contributed by atoms with E-state index in [4.69, 9.17) is 39.2 Å². The number of fused-ring (bicyclic) bond motifs is 2. The first-order valence-corrected chi connectivity index (χ1v) is 12.0. The zero-order valence-corrected chi connectivity index (χ0v) is 21.2. The zero-order valence-electron chi connectivity index (χ0n) is 18.9. The molecule has 0 bridgehead atoms. The number of Topliss-reactive ketones (excluding diaryl/α,β-unsaturated/α-hetero) is 1. The highest BCUT2D eigenvalue weighted by atomic mass is 35.5. The van der Waals surface area contributed by atoms with Crippen molar-refractivity contribution in [3.63, 3.8) is 0 Å². The largest absolute Gasteiger partial charge is 0.506 e. The second-order valence-corrected chi connectivity index (χ2v) is 9.51. The van der Waals surface area contributed by atoms with Gasteiger partial charge in [0, 0.05) is 45.3 Å². The number of carbonyl (C=O) groups is 2. The molecular formula is C28H15Cl3O6. The number of halogens is 3. The van der Waals surface area contributed by atoms with Crippen LogP contribution < -0.4 is 5.43 Å². The first-order chi connectivity index (χ1) is 17.6. The number of hydrogen-bond donors (Lipinski definition) is 2. The van der Waals surface area contributed by atoms with E-state index in [1.807, 2.05) is 6.07 Å². The lowest BCUT2D eigenvalue weighted by Crippen LogP contribution is -2.09. The minimum atomic E-state index is -1.38. The molecule has 0 atom stereocenters. The Kier molecular flexibility index (Phi) is 6.20. The maximum Gasteiger partial charge on any atom is 0.337 e. The van der Waals surface area contributed by atoms with E-state index in [2.05, 4.69) is 0 Å². The standard InChI is InChI=1S/C28H15Cl3O6/c1-12(32)14-8-19(30)25(28(35)36)26(27(14)31)24-16-7-15(13-5-3-2-4-6-13)20(33)10-22(16)37-23-11-21(34)18(29)9-17(23)24/h2-11,34H,1H3,(H,35,36). The van der Waals surface area contributed by atoms with Gasteiger partial charge < -0.3 is 14.6 Å². The molecule has 0 fully saturated rings. The number of hydrogen-bond acceptors (Lipinski definition) is 5. The van der Waals surface area contributed by atoms with Crippen LogP contribution in [0.1, 0.15) is 27.6 Å². The summed E-state index contributed by atoms with van der Waals surface area (Å²) in [5.41, 5.74) is 0.900. The molecule has 1 aliphatic heterocycles. The molecule has 1 heterocycles. The van der Waals surface area contributed by atoms with E-state index >= 15 is 0 Å². The monoisotopic (exact) mass is 552 g/mol. The number of phenolic OH excluding ortho intramolecular Hbond substituents is 1. The summed E-state index contributed by atoms with van der Waals surface area (Å²) in [5.74, 6) is -1.99. The van der Waals surface area contributed by atoms with E-state index < -0.39 is 11.8 Å². The average Bonchev–Trinajstić information content (AvgIpc) is 2.84. The van der Waals surface area contributed by atoms with Crippen molar-refractivity contribution in [3.05, 3.63) is 97.1 Å². The highest BCUT2D eigenvalue weighted by Gasteiger charge is 2.29. The molecule has 0 saturated carbocycles. The van der Waals surface area contributed by atoms with Crippen molar-refractivity contribution in [1.82, 2.24) is 0 Å². The van der Waals surface area contributed by atoms with Crippen molar-refractivity contribution < 1.29 is 24.2 Å². The lowest BCUT2D eigenvalue weighted by Gasteiger charge is -2.20. The highest BCUT2D eigenvalue weighted by Crippen LogP contribution is 2.48. The van der Waals surface area contributed by atoms with Gasteiger partial charge in [-0.05, 0) is 30.7 Å². The molecule has 0 unspecified atom stereocenters. The van der Waals surface area contributed by atoms with Gasteiger partial charge in [0.15, 0.2) is 11.2 Å². The van der Waals surface area contributed by atoms with E-state index in [9.17, 15) is 24.6 Å². The summed E-state index contributed by atoms with van der Waals surface area (Å²) < 4.78 is 5.95. The predicted molar refractivity (Wildman–Crippen MR) is 144 cm³/mol. The number of rotatable bonds is 4. The van der Waals surface area contributed by atoms with Gasteiger partial charge in [-0.15, -0.1) is 0 Å². The molecule has 6 nitrogen and oxygen atoms in total. The topological polar surface area (TPSA) is 105 Å². The van der Waals surface area contributed by atoms with Crippen molar-refractivity contribution in [2.75, 3.05) is 0 Å². The van der Waals surface area contributed by atoms with E-state index in [1.54, 1.807) is 30.3 Å². The number of carboxylic acids is 1. The Balaban J connectivity index is 2.06. The summed E-state index contributed by atoms with van der Waals surface area (Å²) >= 11 is 19.3. The number of carboxylic acid groups (broad SMARTS) is 1. The Morgan fingerprint density at radius 3 is 2.22 bits per heavy atom. The van der Waals surface area contributed by atoms with E-state index in [-0.39, 0.29) is 65.2 Å². The van der Waals surface area contributed by atoms with Gasteiger partial charge >= 0.3 is 5.97 Å². The number of benzene rings is 4. The van der Waals surface area contributed by atoms with E-state index in [0.717, 1.165) is 0 Å². The van der Waals surface area contributed by atoms with Crippen molar-refractivity contribution >= 4 is 57.5 Å². The number of carbonyl (C=O) groups excluding carboxylic acids is 1.